The van der Waals surface area contributed by atoms with E-state index in [1.807, 2.05) is 0 Å². The summed E-state index contributed by atoms with van der Waals surface area (Å²) in [7, 11) is 0. The molecule has 2 rings (SSSR count). The van der Waals surface area contributed by atoms with Gasteiger partial charge in [-0.15, -0.1) is 0 Å². The zero-order chi connectivity index (χ0) is 12.4. The topological polar surface area (TPSA) is 55.1 Å². The molecule has 1 saturated carbocycles. The first-order valence-corrected chi connectivity index (χ1v) is 5.95. The molecular formula is C12H14ClFN2O. The normalized spacial score (nSPS) is 16.6. The van der Waals surface area contributed by atoms with Crippen molar-refractivity contribution in [2.45, 2.75) is 18.9 Å². The van der Waals surface area contributed by atoms with E-state index in [0.29, 0.717) is 12.5 Å². The lowest BCUT2D eigenvalue weighted by Gasteiger charge is -2.12. The molecule has 1 aromatic rings. The molecule has 0 bridgehead atoms. The Kier molecular flexibility index (Phi) is 3.64. The third kappa shape index (κ3) is 2.96. The van der Waals surface area contributed by atoms with Crippen LogP contribution in [0.2, 0.25) is 5.02 Å². The Morgan fingerprint density at radius 1 is 1.59 bits per heavy atom. The molecule has 92 valence electrons. The molecule has 1 aliphatic carbocycles. The van der Waals surface area contributed by atoms with Gasteiger partial charge in [0.15, 0.2) is 0 Å². The van der Waals surface area contributed by atoms with Crippen LogP contribution in [0.25, 0.3) is 0 Å². The van der Waals surface area contributed by atoms with E-state index in [1.165, 1.54) is 18.2 Å². The fraction of sp³-hybridized carbons (Fsp3) is 0.417. The van der Waals surface area contributed by atoms with Crippen LogP contribution in [0.4, 0.5) is 4.39 Å². The van der Waals surface area contributed by atoms with Gasteiger partial charge in [0.05, 0.1) is 10.6 Å². The van der Waals surface area contributed by atoms with Crippen LogP contribution in [0.15, 0.2) is 18.2 Å². The summed E-state index contributed by atoms with van der Waals surface area (Å²) in [4.78, 5) is 11.7. The number of halogens is 2. The van der Waals surface area contributed by atoms with E-state index in [-0.39, 0.29) is 16.6 Å². The minimum atomic E-state index is -0.616. The number of amides is 1. The molecule has 0 heterocycles. The number of nitrogens with one attached hydrogen (secondary N) is 1. The SMILES string of the molecule is NC(CNC(=O)c1c(F)cccc1Cl)C1CC1. The van der Waals surface area contributed by atoms with Crippen LogP contribution < -0.4 is 11.1 Å². The van der Waals surface area contributed by atoms with E-state index in [4.69, 9.17) is 17.3 Å². The van der Waals surface area contributed by atoms with Crippen LogP contribution in [0, 0.1) is 11.7 Å². The van der Waals surface area contributed by atoms with Gasteiger partial charge in [-0.25, -0.2) is 4.39 Å². The summed E-state index contributed by atoms with van der Waals surface area (Å²) in [6, 6.07) is 4.11. The van der Waals surface area contributed by atoms with Crippen LogP contribution in [0.5, 0.6) is 0 Å². The Hall–Kier alpha value is -1.13. The van der Waals surface area contributed by atoms with Crippen LogP contribution in [-0.2, 0) is 0 Å². The molecule has 3 nitrogen and oxygen atoms in total. The van der Waals surface area contributed by atoms with Crippen molar-refractivity contribution in [3.8, 4) is 0 Å². The Balaban J connectivity index is 1.99. The van der Waals surface area contributed by atoms with Crippen molar-refractivity contribution in [1.29, 1.82) is 0 Å². The lowest BCUT2D eigenvalue weighted by atomic mass is 10.1. The number of carbonyl (C=O) groups is 1. The third-order valence-electron chi connectivity index (χ3n) is 2.92. The van der Waals surface area contributed by atoms with Gasteiger partial charge in [-0.1, -0.05) is 17.7 Å². The Bertz CT molecular complexity index is 414. The highest BCUT2D eigenvalue weighted by Crippen LogP contribution is 2.31. The molecule has 1 aromatic carbocycles. The van der Waals surface area contributed by atoms with Gasteiger partial charge < -0.3 is 11.1 Å². The molecule has 0 spiro atoms. The van der Waals surface area contributed by atoms with Crippen molar-refractivity contribution in [2.24, 2.45) is 11.7 Å². The van der Waals surface area contributed by atoms with Gasteiger partial charge >= 0.3 is 0 Å². The minimum absolute atomic E-state index is 0.0514. The summed E-state index contributed by atoms with van der Waals surface area (Å²) >= 11 is 5.78. The summed E-state index contributed by atoms with van der Waals surface area (Å²) in [6.07, 6.45) is 2.22. The number of hydrogen-bond donors (Lipinski definition) is 2. The lowest BCUT2D eigenvalue weighted by molar-refractivity contribution is 0.0946. The average Bonchev–Trinajstić information content (AvgIpc) is 3.09. The van der Waals surface area contributed by atoms with E-state index < -0.39 is 11.7 Å². The maximum Gasteiger partial charge on any atom is 0.255 e. The highest BCUT2D eigenvalue weighted by Gasteiger charge is 2.28. The van der Waals surface area contributed by atoms with Crippen LogP contribution in [-0.4, -0.2) is 18.5 Å². The van der Waals surface area contributed by atoms with Crippen LogP contribution in [0.1, 0.15) is 23.2 Å². The molecule has 0 radical (unpaired) electrons. The highest BCUT2D eigenvalue weighted by atomic mass is 35.5. The molecule has 1 fully saturated rings. The summed E-state index contributed by atoms with van der Waals surface area (Å²) in [5, 5.41) is 2.73. The largest absolute Gasteiger partial charge is 0.350 e. The molecule has 1 unspecified atom stereocenters. The summed E-state index contributed by atoms with van der Waals surface area (Å²) in [5.41, 5.74) is 5.73. The highest BCUT2D eigenvalue weighted by molar-refractivity contribution is 6.33. The van der Waals surface area contributed by atoms with E-state index in [0.717, 1.165) is 12.8 Å². The minimum Gasteiger partial charge on any atom is -0.350 e. The molecule has 1 atom stereocenters. The zero-order valence-electron chi connectivity index (χ0n) is 9.25. The molecule has 1 amide bonds. The number of nitrogens with two attached hydrogens (primary N) is 1. The van der Waals surface area contributed by atoms with Crippen molar-refractivity contribution in [3.05, 3.63) is 34.6 Å². The van der Waals surface area contributed by atoms with E-state index in [9.17, 15) is 9.18 Å². The predicted octanol–water partition coefficient (Wildman–Crippen LogP) is 1.95. The average molecular weight is 257 g/mol. The summed E-state index contributed by atoms with van der Waals surface area (Å²) < 4.78 is 13.4. The van der Waals surface area contributed by atoms with Crippen molar-refractivity contribution < 1.29 is 9.18 Å². The first-order chi connectivity index (χ1) is 8.09. The van der Waals surface area contributed by atoms with Crippen molar-refractivity contribution >= 4 is 17.5 Å². The molecule has 3 N–H and O–H groups in total. The standard InChI is InChI=1S/C12H14ClFN2O/c13-8-2-1-3-9(14)11(8)12(17)16-6-10(15)7-4-5-7/h1-3,7,10H,4-6,15H2,(H,16,17). The maximum absolute atomic E-state index is 13.4. The van der Waals surface area contributed by atoms with Crippen molar-refractivity contribution in [3.63, 3.8) is 0 Å². The molecule has 0 saturated heterocycles. The Labute approximate surface area is 104 Å². The van der Waals surface area contributed by atoms with E-state index in [2.05, 4.69) is 5.32 Å². The lowest BCUT2D eigenvalue weighted by Crippen LogP contribution is -2.38. The van der Waals surface area contributed by atoms with Crippen molar-refractivity contribution in [2.75, 3.05) is 6.54 Å². The predicted molar refractivity (Wildman–Crippen MR) is 64.4 cm³/mol. The summed E-state index contributed by atoms with van der Waals surface area (Å²) in [6.45, 7) is 0.355. The molecule has 0 aliphatic heterocycles. The molecular weight excluding hydrogens is 243 g/mol. The van der Waals surface area contributed by atoms with Gasteiger partial charge in [-0.3, -0.25) is 4.79 Å². The van der Waals surface area contributed by atoms with Gasteiger partial charge in [-0.2, -0.15) is 0 Å². The van der Waals surface area contributed by atoms with Crippen LogP contribution >= 0.6 is 11.6 Å². The number of benzene rings is 1. The molecule has 1 aliphatic rings. The Morgan fingerprint density at radius 3 is 2.88 bits per heavy atom. The van der Waals surface area contributed by atoms with Gasteiger partial charge in [0.1, 0.15) is 5.82 Å². The summed E-state index contributed by atoms with van der Waals surface area (Å²) in [5.74, 6) is -0.634. The van der Waals surface area contributed by atoms with Gasteiger partial charge in [0.2, 0.25) is 0 Å². The van der Waals surface area contributed by atoms with Crippen molar-refractivity contribution in [1.82, 2.24) is 5.32 Å². The smallest absolute Gasteiger partial charge is 0.255 e. The van der Waals surface area contributed by atoms with Gasteiger partial charge in [-0.05, 0) is 30.9 Å². The number of hydrogen-bond acceptors (Lipinski definition) is 2. The monoisotopic (exact) mass is 256 g/mol. The fourth-order valence-electron chi connectivity index (χ4n) is 1.70. The quantitative estimate of drug-likeness (QED) is 0.865. The maximum atomic E-state index is 13.4. The Morgan fingerprint density at radius 2 is 2.29 bits per heavy atom. The van der Waals surface area contributed by atoms with E-state index >= 15 is 0 Å². The van der Waals surface area contributed by atoms with Crippen LogP contribution in [0.3, 0.4) is 0 Å². The second-order valence-electron chi connectivity index (χ2n) is 4.31. The molecule has 5 heteroatoms. The zero-order valence-corrected chi connectivity index (χ0v) is 10.0. The third-order valence-corrected chi connectivity index (χ3v) is 3.23. The van der Waals surface area contributed by atoms with Gasteiger partial charge in [0.25, 0.3) is 5.91 Å². The number of rotatable bonds is 4. The molecule has 0 aromatic heterocycles. The van der Waals surface area contributed by atoms with Gasteiger partial charge in [0, 0.05) is 12.6 Å². The number of carbonyl (C=O) groups excluding carboxylic acids is 1. The fourth-order valence-corrected chi connectivity index (χ4v) is 1.95. The second-order valence-corrected chi connectivity index (χ2v) is 4.72. The first kappa shape index (κ1) is 12.3. The second kappa shape index (κ2) is 5.02. The first-order valence-electron chi connectivity index (χ1n) is 5.57. The van der Waals surface area contributed by atoms with E-state index in [1.54, 1.807) is 0 Å². The molecule has 17 heavy (non-hydrogen) atoms.